The second-order valence-corrected chi connectivity index (χ2v) is 1.11. The molecule has 0 fully saturated rings. The van der Waals surface area contributed by atoms with Crippen molar-refractivity contribution in [3.8, 4) is 0 Å². The van der Waals surface area contributed by atoms with E-state index in [0.29, 0.717) is 0 Å². The molecule has 8 heavy (non-hydrogen) atoms. The molecule has 0 aromatic carbocycles. The fourth-order valence-electron chi connectivity index (χ4n) is 0.264. The van der Waals surface area contributed by atoms with E-state index in [4.69, 9.17) is 0 Å². The second kappa shape index (κ2) is 4.24. The van der Waals surface area contributed by atoms with Crippen LogP contribution in [0.15, 0.2) is 29.7 Å². The molecule has 0 radical (unpaired) electrons. The molecule has 0 unspecified atom stereocenters. The topological polar surface area (TPSA) is 12.4 Å². The van der Waals surface area contributed by atoms with Gasteiger partial charge in [-0.05, 0) is 13.0 Å². The molecule has 0 aliphatic heterocycles. The molecule has 0 bridgehead atoms. The van der Waals surface area contributed by atoms with E-state index in [9.17, 15) is 4.39 Å². The number of nitrogens with zero attached hydrogens (tertiary/aromatic N) is 1. The van der Waals surface area contributed by atoms with Crippen LogP contribution in [0.3, 0.4) is 0 Å². The van der Waals surface area contributed by atoms with Crippen molar-refractivity contribution in [2.24, 2.45) is 4.99 Å². The molecular formula is C6H8FN. The molecule has 0 amide bonds. The van der Waals surface area contributed by atoms with E-state index in [-0.39, 0.29) is 0 Å². The second-order valence-electron chi connectivity index (χ2n) is 1.11. The maximum absolute atomic E-state index is 12.0. The van der Waals surface area contributed by atoms with E-state index in [1.165, 1.54) is 18.4 Å². The van der Waals surface area contributed by atoms with Crippen LogP contribution in [-0.4, -0.2) is 6.21 Å². The Morgan fingerprint density at radius 2 is 2.38 bits per heavy atom. The summed E-state index contributed by atoms with van der Waals surface area (Å²) in [6.45, 7) is 4.94. The fraction of sp³-hybridized carbons (Fsp3) is 0.167. The molecule has 0 atom stereocenters. The van der Waals surface area contributed by atoms with Crippen molar-refractivity contribution >= 4 is 6.21 Å². The standard InChI is InChI=1S/C6H8FN/c1-3-5-6(7)8-4-2/h3-5H,1H2,2H3/b6-5-,8-4?. The van der Waals surface area contributed by atoms with Gasteiger partial charge in [0.1, 0.15) is 0 Å². The Balaban J connectivity index is 3.79. The van der Waals surface area contributed by atoms with E-state index in [1.807, 2.05) is 0 Å². The maximum atomic E-state index is 12.0. The lowest BCUT2D eigenvalue weighted by molar-refractivity contribution is 0.629. The van der Waals surface area contributed by atoms with Crippen molar-refractivity contribution in [2.75, 3.05) is 0 Å². The van der Waals surface area contributed by atoms with Crippen molar-refractivity contribution in [1.29, 1.82) is 0 Å². The first-order chi connectivity index (χ1) is 3.81. The zero-order chi connectivity index (χ0) is 6.41. The lowest BCUT2D eigenvalue weighted by atomic mass is 10.6. The highest BCUT2D eigenvalue weighted by molar-refractivity contribution is 5.54. The number of hydrogen-bond acceptors (Lipinski definition) is 1. The Bertz CT molecular complexity index is 124. The van der Waals surface area contributed by atoms with E-state index < -0.39 is 5.95 Å². The van der Waals surface area contributed by atoms with Crippen LogP contribution in [0, 0.1) is 0 Å². The normalized spacial score (nSPS) is 12.5. The molecule has 0 N–H and O–H groups in total. The Hall–Kier alpha value is -0.920. The van der Waals surface area contributed by atoms with Crippen LogP contribution in [0.2, 0.25) is 0 Å². The van der Waals surface area contributed by atoms with Crippen LogP contribution in [0.1, 0.15) is 6.92 Å². The summed E-state index contributed by atoms with van der Waals surface area (Å²) in [5.41, 5.74) is 0. The van der Waals surface area contributed by atoms with Gasteiger partial charge in [-0.25, -0.2) is 4.99 Å². The summed E-state index contributed by atoms with van der Waals surface area (Å²) in [5, 5.41) is 0. The van der Waals surface area contributed by atoms with Gasteiger partial charge >= 0.3 is 0 Å². The zero-order valence-electron chi connectivity index (χ0n) is 4.76. The Kier molecular flexibility index (Phi) is 3.76. The summed E-state index contributed by atoms with van der Waals surface area (Å²) in [5.74, 6) is -0.512. The average Bonchev–Trinajstić information content (AvgIpc) is 1.68. The van der Waals surface area contributed by atoms with Crippen LogP contribution < -0.4 is 0 Å². The molecule has 0 aliphatic carbocycles. The van der Waals surface area contributed by atoms with Gasteiger partial charge in [-0.2, -0.15) is 4.39 Å². The van der Waals surface area contributed by atoms with E-state index >= 15 is 0 Å². The van der Waals surface area contributed by atoms with Gasteiger partial charge in [0.05, 0.1) is 0 Å². The highest BCUT2D eigenvalue weighted by Crippen LogP contribution is 1.95. The van der Waals surface area contributed by atoms with Crippen LogP contribution >= 0.6 is 0 Å². The van der Waals surface area contributed by atoms with Gasteiger partial charge in [0.25, 0.3) is 0 Å². The molecule has 1 nitrogen and oxygen atoms in total. The third-order valence-corrected chi connectivity index (χ3v) is 0.508. The average molecular weight is 113 g/mol. The van der Waals surface area contributed by atoms with Crippen molar-refractivity contribution in [1.82, 2.24) is 0 Å². The van der Waals surface area contributed by atoms with Gasteiger partial charge in [0.15, 0.2) is 0 Å². The summed E-state index contributed by atoms with van der Waals surface area (Å²) in [4.78, 5) is 3.31. The third-order valence-electron chi connectivity index (χ3n) is 0.508. The first-order valence-electron chi connectivity index (χ1n) is 2.28. The van der Waals surface area contributed by atoms with Gasteiger partial charge in [-0.15, -0.1) is 0 Å². The minimum absolute atomic E-state index is 0.512. The molecule has 0 aromatic heterocycles. The van der Waals surface area contributed by atoms with E-state index in [1.54, 1.807) is 6.92 Å². The Morgan fingerprint density at radius 1 is 1.75 bits per heavy atom. The molecule has 0 spiro atoms. The van der Waals surface area contributed by atoms with Crippen molar-refractivity contribution < 1.29 is 4.39 Å². The van der Waals surface area contributed by atoms with Crippen molar-refractivity contribution in [3.63, 3.8) is 0 Å². The molecule has 0 heterocycles. The van der Waals surface area contributed by atoms with Gasteiger partial charge in [0, 0.05) is 6.21 Å². The molecule has 0 saturated carbocycles. The molecule has 0 saturated heterocycles. The highest BCUT2D eigenvalue weighted by atomic mass is 19.1. The number of allylic oxidation sites excluding steroid dienone is 2. The van der Waals surface area contributed by atoms with Gasteiger partial charge < -0.3 is 0 Å². The van der Waals surface area contributed by atoms with Crippen LogP contribution in [0.25, 0.3) is 0 Å². The number of rotatable bonds is 2. The monoisotopic (exact) mass is 113 g/mol. The predicted octanol–water partition coefficient (Wildman–Crippen LogP) is 2.07. The molecule has 0 aliphatic rings. The molecule has 44 valence electrons. The fourth-order valence-corrected chi connectivity index (χ4v) is 0.264. The first kappa shape index (κ1) is 7.08. The zero-order valence-corrected chi connectivity index (χ0v) is 4.76. The smallest absolute Gasteiger partial charge is 0.212 e. The number of hydrogen-bond donors (Lipinski definition) is 0. The number of halogens is 1. The van der Waals surface area contributed by atoms with Crippen LogP contribution in [0.5, 0.6) is 0 Å². The lowest BCUT2D eigenvalue weighted by Gasteiger charge is -1.77. The molecule has 0 aromatic rings. The van der Waals surface area contributed by atoms with Gasteiger partial charge in [0.2, 0.25) is 5.95 Å². The van der Waals surface area contributed by atoms with E-state index in [2.05, 4.69) is 11.6 Å². The summed E-state index contributed by atoms with van der Waals surface area (Å²) in [6.07, 6.45) is 3.93. The maximum Gasteiger partial charge on any atom is 0.212 e. The first-order valence-corrected chi connectivity index (χ1v) is 2.28. The highest BCUT2D eigenvalue weighted by Gasteiger charge is 1.78. The molecule has 2 heteroatoms. The van der Waals surface area contributed by atoms with E-state index in [0.717, 1.165) is 0 Å². The van der Waals surface area contributed by atoms with Crippen LogP contribution in [-0.2, 0) is 0 Å². The van der Waals surface area contributed by atoms with Crippen molar-refractivity contribution in [2.45, 2.75) is 6.92 Å². The summed E-state index contributed by atoms with van der Waals surface area (Å²) in [7, 11) is 0. The van der Waals surface area contributed by atoms with Crippen molar-refractivity contribution in [3.05, 3.63) is 24.7 Å². The lowest BCUT2D eigenvalue weighted by Crippen LogP contribution is -1.63. The SMILES string of the molecule is C=C/C=C(/F)N=CC. The predicted molar refractivity (Wildman–Crippen MR) is 33.6 cm³/mol. The molecular weight excluding hydrogens is 105 g/mol. The van der Waals surface area contributed by atoms with Crippen LogP contribution in [0.4, 0.5) is 4.39 Å². The minimum atomic E-state index is -0.512. The minimum Gasteiger partial charge on any atom is -0.233 e. The van der Waals surface area contributed by atoms with Gasteiger partial charge in [-0.1, -0.05) is 12.7 Å². The Morgan fingerprint density at radius 3 is 2.75 bits per heavy atom. The quantitative estimate of drug-likeness (QED) is 0.295. The Labute approximate surface area is 48.2 Å². The third kappa shape index (κ3) is 3.28. The van der Waals surface area contributed by atoms with Gasteiger partial charge in [-0.3, -0.25) is 0 Å². The largest absolute Gasteiger partial charge is 0.233 e. The molecule has 0 rings (SSSR count). The summed E-state index contributed by atoms with van der Waals surface area (Å²) in [6, 6.07) is 0. The summed E-state index contributed by atoms with van der Waals surface area (Å²) >= 11 is 0. The number of aliphatic imine (C=N–C) groups is 1. The summed E-state index contributed by atoms with van der Waals surface area (Å²) < 4.78 is 12.0.